The molecule has 0 saturated carbocycles. The van der Waals surface area contributed by atoms with Gasteiger partial charge in [0, 0.05) is 21.7 Å². The second-order valence-electron chi connectivity index (χ2n) is 7.01. The van der Waals surface area contributed by atoms with Gasteiger partial charge in [0.2, 0.25) is 5.90 Å². The van der Waals surface area contributed by atoms with Crippen molar-refractivity contribution in [2.75, 3.05) is 6.61 Å². The largest absolute Gasteiger partial charge is 0.493 e. The fraction of sp³-hybridized carbons (Fsp3) is 0.120. The van der Waals surface area contributed by atoms with E-state index in [0.717, 1.165) is 5.56 Å². The zero-order valence-corrected chi connectivity index (χ0v) is 19.7. The molecule has 0 N–H and O–H groups in total. The van der Waals surface area contributed by atoms with E-state index in [1.54, 1.807) is 42.5 Å². The molecule has 0 fully saturated rings. The molecule has 0 spiro atoms. The summed E-state index contributed by atoms with van der Waals surface area (Å²) in [6.45, 7) is 2.70. The molecule has 1 aliphatic rings. The highest BCUT2D eigenvalue weighted by molar-refractivity contribution is 6.37. The van der Waals surface area contributed by atoms with E-state index in [0.29, 0.717) is 50.9 Å². The lowest BCUT2D eigenvalue weighted by Crippen LogP contribution is -2.06. The molecule has 33 heavy (non-hydrogen) atoms. The lowest BCUT2D eigenvalue weighted by atomic mass is 10.1. The van der Waals surface area contributed by atoms with Gasteiger partial charge in [0.25, 0.3) is 0 Å². The highest BCUT2D eigenvalue weighted by atomic mass is 35.5. The van der Waals surface area contributed by atoms with Crippen molar-refractivity contribution < 1.29 is 19.0 Å². The van der Waals surface area contributed by atoms with Crippen LogP contribution in [0.1, 0.15) is 23.6 Å². The molecule has 8 heteroatoms. The third kappa shape index (κ3) is 5.69. The van der Waals surface area contributed by atoms with Gasteiger partial charge in [-0.05, 0) is 61.0 Å². The third-order valence-corrected chi connectivity index (χ3v) is 5.48. The quantitative estimate of drug-likeness (QED) is 0.259. The maximum atomic E-state index is 12.4. The Morgan fingerprint density at radius 1 is 0.939 bits per heavy atom. The summed E-state index contributed by atoms with van der Waals surface area (Å²) in [5.41, 5.74) is 2.26. The van der Waals surface area contributed by atoms with Gasteiger partial charge < -0.3 is 14.2 Å². The molecule has 0 amide bonds. The van der Waals surface area contributed by atoms with Gasteiger partial charge in [-0.25, -0.2) is 9.79 Å². The summed E-state index contributed by atoms with van der Waals surface area (Å²) < 4.78 is 16.9. The first-order valence-electron chi connectivity index (χ1n) is 10.0. The lowest BCUT2D eigenvalue weighted by Gasteiger charge is -2.11. The standard InChI is InChI=1S/C25H18Cl3NO4/c1-2-31-23-13-19(32-14-15-3-6-17(26)7-4-15)9-5-16(23)11-22-25(30)33-24(29-22)20-10-8-18(27)12-21(20)28/h3-13H,2,14H2,1H3/b22-11-. The topological polar surface area (TPSA) is 57.1 Å². The summed E-state index contributed by atoms with van der Waals surface area (Å²) >= 11 is 18.1. The van der Waals surface area contributed by atoms with Crippen LogP contribution in [0.2, 0.25) is 15.1 Å². The number of carbonyl (C=O) groups excluding carboxylic acids is 1. The van der Waals surface area contributed by atoms with Crippen LogP contribution >= 0.6 is 34.8 Å². The number of halogens is 3. The monoisotopic (exact) mass is 501 g/mol. The van der Waals surface area contributed by atoms with E-state index in [9.17, 15) is 4.79 Å². The van der Waals surface area contributed by atoms with Gasteiger partial charge in [0.1, 0.15) is 18.1 Å². The summed E-state index contributed by atoms with van der Waals surface area (Å²) in [5.74, 6) is 0.719. The first-order chi connectivity index (χ1) is 15.9. The molecule has 3 aromatic carbocycles. The van der Waals surface area contributed by atoms with Crippen LogP contribution in [0.15, 0.2) is 71.4 Å². The number of hydrogen-bond donors (Lipinski definition) is 0. The van der Waals surface area contributed by atoms with E-state index in [-0.39, 0.29) is 11.6 Å². The molecule has 3 aromatic rings. The lowest BCUT2D eigenvalue weighted by molar-refractivity contribution is -0.129. The molecule has 0 unspecified atom stereocenters. The average Bonchev–Trinajstić information content (AvgIpc) is 3.15. The normalized spacial score (nSPS) is 14.2. The summed E-state index contributed by atoms with van der Waals surface area (Å²) in [4.78, 5) is 16.7. The SMILES string of the molecule is CCOc1cc(OCc2ccc(Cl)cc2)ccc1/C=C1\N=C(c2ccc(Cl)cc2Cl)OC1=O. The number of cyclic esters (lactones) is 1. The number of carbonyl (C=O) groups is 1. The number of ether oxygens (including phenoxy) is 3. The molecule has 0 aromatic heterocycles. The van der Waals surface area contributed by atoms with Gasteiger partial charge in [-0.1, -0.05) is 46.9 Å². The Balaban J connectivity index is 1.57. The predicted octanol–water partition coefficient (Wildman–Crippen LogP) is 6.97. The second-order valence-corrected chi connectivity index (χ2v) is 8.29. The molecule has 0 aliphatic carbocycles. The number of benzene rings is 3. The molecular formula is C25H18Cl3NO4. The van der Waals surface area contributed by atoms with E-state index in [4.69, 9.17) is 49.0 Å². The number of nitrogens with zero attached hydrogens (tertiary/aromatic N) is 1. The van der Waals surface area contributed by atoms with Crippen molar-refractivity contribution in [3.05, 3.63) is 98.1 Å². The molecule has 168 valence electrons. The Morgan fingerprint density at radius 3 is 2.42 bits per heavy atom. The molecule has 0 atom stereocenters. The number of hydrogen-bond acceptors (Lipinski definition) is 5. The van der Waals surface area contributed by atoms with Crippen LogP contribution in [0.4, 0.5) is 0 Å². The fourth-order valence-corrected chi connectivity index (χ4v) is 3.70. The van der Waals surface area contributed by atoms with Crippen molar-refractivity contribution in [1.29, 1.82) is 0 Å². The fourth-order valence-electron chi connectivity index (χ4n) is 3.09. The van der Waals surface area contributed by atoms with Crippen molar-refractivity contribution in [3.63, 3.8) is 0 Å². The van der Waals surface area contributed by atoms with Crippen LogP contribution in [-0.4, -0.2) is 18.5 Å². The zero-order chi connectivity index (χ0) is 23.4. The highest BCUT2D eigenvalue weighted by Gasteiger charge is 2.26. The maximum Gasteiger partial charge on any atom is 0.363 e. The van der Waals surface area contributed by atoms with Crippen molar-refractivity contribution in [2.24, 2.45) is 4.99 Å². The van der Waals surface area contributed by atoms with Gasteiger partial charge in [0.15, 0.2) is 5.70 Å². The van der Waals surface area contributed by atoms with Crippen LogP contribution < -0.4 is 9.47 Å². The average molecular weight is 503 g/mol. The van der Waals surface area contributed by atoms with Crippen LogP contribution in [0.3, 0.4) is 0 Å². The molecule has 0 saturated heterocycles. The van der Waals surface area contributed by atoms with Crippen LogP contribution in [-0.2, 0) is 16.1 Å². The minimum absolute atomic E-state index is 0.119. The second kappa shape index (κ2) is 10.3. The van der Waals surface area contributed by atoms with E-state index in [1.807, 2.05) is 31.2 Å². The van der Waals surface area contributed by atoms with E-state index in [1.165, 1.54) is 0 Å². The third-order valence-electron chi connectivity index (χ3n) is 4.68. The van der Waals surface area contributed by atoms with E-state index in [2.05, 4.69) is 4.99 Å². The Kier molecular flexibility index (Phi) is 7.23. The molecule has 1 aliphatic heterocycles. The molecule has 0 bridgehead atoms. The van der Waals surface area contributed by atoms with E-state index < -0.39 is 5.97 Å². The summed E-state index contributed by atoms with van der Waals surface area (Å²) in [6.07, 6.45) is 1.60. The molecular weight excluding hydrogens is 485 g/mol. The maximum absolute atomic E-state index is 12.4. The van der Waals surface area contributed by atoms with E-state index >= 15 is 0 Å². The molecule has 0 radical (unpaired) electrons. The Hall–Kier alpha value is -2.99. The van der Waals surface area contributed by atoms with Crippen molar-refractivity contribution >= 4 is 52.7 Å². The van der Waals surface area contributed by atoms with Crippen molar-refractivity contribution in [3.8, 4) is 11.5 Å². The predicted molar refractivity (Wildman–Crippen MR) is 130 cm³/mol. The van der Waals surface area contributed by atoms with Crippen LogP contribution in [0.5, 0.6) is 11.5 Å². The number of esters is 1. The summed E-state index contributed by atoms with van der Waals surface area (Å²) in [6, 6.07) is 17.7. The van der Waals surface area contributed by atoms with Crippen molar-refractivity contribution in [1.82, 2.24) is 0 Å². The van der Waals surface area contributed by atoms with Crippen LogP contribution in [0, 0.1) is 0 Å². The molecule has 5 nitrogen and oxygen atoms in total. The Labute approximate surface area is 206 Å². The molecule has 4 rings (SSSR count). The van der Waals surface area contributed by atoms with Gasteiger partial charge in [-0.15, -0.1) is 0 Å². The van der Waals surface area contributed by atoms with Gasteiger partial charge >= 0.3 is 5.97 Å². The minimum atomic E-state index is -0.582. The molecule has 1 heterocycles. The minimum Gasteiger partial charge on any atom is -0.493 e. The van der Waals surface area contributed by atoms with Crippen LogP contribution in [0.25, 0.3) is 6.08 Å². The zero-order valence-electron chi connectivity index (χ0n) is 17.5. The number of aliphatic imine (C=N–C) groups is 1. The summed E-state index contributed by atoms with van der Waals surface area (Å²) in [7, 11) is 0. The number of rotatable bonds is 7. The van der Waals surface area contributed by atoms with Gasteiger partial charge in [-0.3, -0.25) is 0 Å². The van der Waals surface area contributed by atoms with Gasteiger partial charge in [-0.2, -0.15) is 0 Å². The Bertz CT molecular complexity index is 1250. The first-order valence-corrected chi connectivity index (χ1v) is 11.2. The summed E-state index contributed by atoms with van der Waals surface area (Å²) in [5, 5.41) is 1.49. The highest BCUT2D eigenvalue weighted by Crippen LogP contribution is 2.30. The van der Waals surface area contributed by atoms with Gasteiger partial charge in [0.05, 0.1) is 17.2 Å². The first kappa shape index (κ1) is 23.2. The smallest absolute Gasteiger partial charge is 0.363 e. The van der Waals surface area contributed by atoms with Crippen molar-refractivity contribution in [2.45, 2.75) is 13.5 Å². The Morgan fingerprint density at radius 2 is 1.70 bits per heavy atom.